The van der Waals surface area contributed by atoms with Crippen molar-refractivity contribution < 1.29 is 18.6 Å². The Balaban J connectivity index is 1.36. The smallest absolute Gasteiger partial charge is 0.215 e. The highest BCUT2D eigenvalue weighted by Crippen LogP contribution is 2.27. The summed E-state index contributed by atoms with van der Waals surface area (Å²) in [6, 6.07) is 11.4. The zero-order valence-corrected chi connectivity index (χ0v) is 17.3. The van der Waals surface area contributed by atoms with Crippen molar-refractivity contribution in [2.24, 2.45) is 7.05 Å². The third-order valence-electron chi connectivity index (χ3n) is 4.69. The van der Waals surface area contributed by atoms with Gasteiger partial charge >= 0.3 is 0 Å². The largest absolute Gasteiger partial charge is 0.475 e. The lowest BCUT2D eigenvalue weighted by Crippen LogP contribution is -2.12. The Morgan fingerprint density at radius 3 is 2.58 bits per heavy atom. The lowest BCUT2D eigenvalue weighted by atomic mass is 10.2. The summed E-state index contributed by atoms with van der Waals surface area (Å²) in [6.45, 7) is 1.13. The van der Waals surface area contributed by atoms with Crippen LogP contribution in [0.25, 0.3) is 21.9 Å². The van der Waals surface area contributed by atoms with E-state index in [4.69, 9.17) is 19.2 Å². The van der Waals surface area contributed by atoms with Gasteiger partial charge in [0.1, 0.15) is 30.6 Å². The van der Waals surface area contributed by atoms with Gasteiger partial charge in [0.2, 0.25) is 5.88 Å². The maximum Gasteiger partial charge on any atom is 0.215 e. The number of hydrogen-bond acceptors (Lipinski definition) is 7. The summed E-state index contributed by atoms with van der Waals surface area (Å²) in [5.74, 6) is 1.80. The van der Waals surface area contributed by atoms with E-state index in [-0.39, 0.29) is 6.61 Å². The van der Waals surface area contributed by atoms with E-state index in [0.29, 0.717) is 43.9 Å². The first kappa shape index (κ1) is 21.0. The molecule has 0 amide bonds. The van der Waals surface area contributed by atoms with Crippen molar-refractivity contribution in [2.75, 3.05) is 45.0 Å². The second-order valence-electron chi connectivity index (χ2n) is 6.77. The number of nitrogens with one attached hydrogen (secondary N) is 1. The SMILES string of the molecule is Cn1c2ccncc2c2ccc(Nc3cccc(OCCOCCOCC[18F])n3)nc21. The maximum atomic E-state index is 11.9. The molecule has 0 aliphatic rings. The van der Waals surface area contributed by atoms with Crippen LogP contribution in [0.5, 0.6) is 5.88 Å². The molecule has 8 nitrogen and oxygen atoms in total. The molecule has 9 heteroatoms. The van der Waals surface area contributed by atoms with Crippen molar-refractivity contribution in [3.8, 4) is 5.88 Å². The fourth-order valence-electron chi connectivity index (χ4n) is 3.26. The van der Waals surface area contributed by atoms with Gasteiger partial charge in [0.05, 0.1) is 31.9 Å². The van der Waals surface area contributed by atoms with Crippen LogP contribution in [-0.4, -0.2) is 59.2 Å². The van der Waals surface area contributed by atoms with Gasteiger partial charge in [0.25, 0.3) is 0 Å². The highest BCUT2D eigenvalue weighted by Gasteiger charge is 2.10. The van der Waals surface area contributed by atoms with Gasteiger partial charge in [-0.2, -0.15) is 4.98 Å². The van der Waals surface area contributed by atoms with Gasteiger partial charge in [-0.1, -0.05) is 6.07 Å². The molecule has 0 radical (unpaired) electrons. The molecule has 0 aliphatic carbocycles. The first-order valence-electron chi connectivity index (χ1n) is 10.0. The zero-order valence-electron chi connectivity index (χ0n) is 17.3. The molecule has 0 aliphatic heterocycles. The second-order valence-corrected chi connectivity index (χ2v) is 6.77. The molecule has 0 saturated heterocycles. The zero-order chi connectivity index (χ0) is 21.5. The highest BCUT2D eigenvalue weighted by molar-refractivity contribution is 6.06. The van der Waals surface area contributed by atoms with Gasteiger partial charge in [-0.3, -0.25) is 4.98 Å². The summed E-state index contributed by atoms with van der Waals surface area (Å²) in [4.78, 5) is 13.4. The number of alkyl halides is 1. The van der Waals surface area contributed by atoms with Crippen LogP contribution in [0.4, 0.5) is 16.0 Å². The highest BCUT2D eigenvalue weighted by atomic mass is 18.2. The van der Waals surface area contributed by atoms with Crippen molar-refractivity contribution >= 4 is 33.6 Å². The Morgan fingerprint density at radius 2 is 1.71 bits per heavy atom. The fraction of sp³-hybridized carbons (Fsp3) is 0.318. The minimum Gasteiger partial charge on any atom is -0.475 e. The van der Waals surface area contributed by atoms with Crippen molar-refractivity contribution in [2.45, 2.75) is 0 Å². The van der Waals surface area contributed by atoms with E-state index < -0.39 is 6.67 Å². The normalized spacial score (nSPS) is 11.3. The number of nitrogens with zero attached hydrogens (tertiary/aromatic N) is 4. The standard InChI is InChI=1S/C22H24FN5O3/c1-28-18-7-9-24-15-17(18)16-5-6-20(27-22(16)28)25-19-3-2-4-21(26-19)31-14-13-30-12-11-29-10-8-23/h2-7,9,15H,8,10-14H2,1H3,(H,25,26,27)/i23-1. The number of aryl methyl sites for hydroxylation is 1. The first-order valence-corrected chi connectivity index (χ1v) is 10.0. The minimum atomic E-state index is -0.484. The average molecular weight is 424 g/mol. The number of halogens is 1. The molecule has 0 atom stereocenters. The van der Waals surface area contributed by atoms with Crippen molar-refractivity contribution in [3.05, 3.63) is 48.8 Å². The molecule has 0 bridgehead atoms. The van der Waals surface area contributed by atoms with E-state index in [1.807, 2.05) is 48.1 Å². The van der Waals surface area contributed by atoms with E-state index in [9.17, 15) is 4.39 Å². The topological polar surface area (TPSA) is 83.3 Å². The number of aromatic nitrogens is 4. The Hall–Kier alpha value is -3.30. The predicted molar refractivity (Wildman–Crippen MR) is 117 cm³/mol. The van der Waals surface area contributed by atoms with E-state index in [1.165, 1.54) is 0 Å². The summed E-state index contributed by atoms with van der Waals surface area (Å²) < 4.78 is 30.0. The van der Waals surface area contributed by atoms with Crippen LogP contribution in [0.3, 0.4) is 0 Å². The molecule has 31 heavy (non-hydrogen) atoms. The number of ether oxygens (including phenoxy) is 3. The third kappa shape index (κ3) is 5.07. The summed E-state index contributed by atoms with van der Waals surface area (Å²) in [5, 5.41) is 5.35. The number of rotatable bonds is 11. The Kier molecular flexibility index (Phi) is 6.85. The number of anilines is 2. The van der Waals surface area contributed by atoms with Crippen LogP contribution >= 0.6 is 0 Å². The van der Waals surface area contributed by atoms with Gasteiger partial charge < -0.3 is 24.1 Å². The molecule has 4 aromatic rings. The average Bonchev–Trinajstić information content (AvgIpc) is 3.08. The maximum absolute atomic E-state index is 11.9. The molecular weight excluding hydrogens is 400 g/mol. The van der Waals surface area contributed by atoms with E-state index in [0.717, 1.165) is 21.9 Å². The predicted octanol–water partition coefficient (Wildman–Crippen LogP) is 3.64. The summed E-state index contributed by atoms with van der Waals surface area (Å²) in [7, 11) is 1.99. The van der Waals surface area contributed by atoms with Gasteiger partial charge in [-0.15, -0.1) is 0 Å². The van der Waals surface area contributed by atoms with Crippen LogP contribution in [0.15, 0.2) is 48.8 Å². The van der Waals surface area contributed by atoms with E-state index in [1.54, 1.807) is 12.3 Å². The summed E-state index contributed by atoms with van der Waals surface area (Å²) >= 11 is 0. The summed E-state index contributed by atoms with van der Waals surface area (Å²) in [5.41, 5.74) is 1.95. The Labute approximate surface area is 179 Å². The Bertz CT molecular complexity index is 1150. The fourth-order valence-corrected chi connectivity index (χ4v) is 3.26. The second kappa shape index (κ2) is 10.1. The monoisotopic (exact) mass is 424 g/mol. The van der Waals surface area contributed by atoms with Crippen molar-refractivity contribution in [1.82, 2.24) is 19.5 Å². The molecule has 0 spiro atoms. The van der Waals surface area contributed by atoms with Crippen LogP contribution in [-0.2, 0) is 16.5 Å². The van der Waals surface area contributed by atoms with Gasteiger partial charge in [-0.05, 0) is 24.3 Å². The van der Waals surface area contributed by atoms with Crippen molar-refractivity contribution in [3.63, 3.8) is 0 Å². The van der Waals surface area contributed by atoms with Gasteiger partial charge in [-0.25, -0.2) is 9.37 Å². The lowest BCUT2D eigenvalue weighted by molar-refractivity contribution is 0.0320. The summed E-state index contributed by atoms with van der Waals surface area (Å²) in [6.07, 6.45) is 3.64. The molecular formula is C22H24FN5O3. The van der Waals surface area contributed by atoms with Crippen molar-refractivity contribution in [1.29, 1.82) is 0 Å². The molecule has 4 rings (SSSR count). The number of hydrogen-bond donors (Lipinski definition) is 1. The van der Waals surface area contributed by atoms with Crippen LogP contribution in [0, 0.1) is 0 Å². The van der Waals surface area contributed by atoms with Crippen LogP contribution < -0.4 is 10.1 Å². The Morgan fingerprint density at radius 1 is 0.903 bits per heavy atom. The molecule has 1 N–H and O–H groups in total. The molecule has 0 unspecified atom stereocenters. The molecule has 0 aromatic carbocycles. The minimum absolute atomic E-state index is 0.100. The van der Waals surface area contributed by atoms with Gasteiger partial charge in [0, 0.05) is 36.3 Å². The quantitative estimate of drug-likeness (QED) is 0.368. The number of fused-ring (bicyclic) bond motifs is 3. The molecule has 0 fully saturated rings. The molecule has 0 saturated carbocycles. The molecule has 4 heterocycles. The first-order chi connectivity index (χ1) is 15.3. The van der Waals surface area contributed by atoms with E-state index >= 15 is 0 Å². The molecule has 4 aromatic heterocycles. The lowest BCUT2D eigenvalue weighted by Gasteiger charge is -2.09. The number of pyridine rings is 3. The molecule has 162 valence electrons. The van der Waals surface area contributed by atoms with E-state index in [2.05, 4.69) is 15.3 Å². The van der Waals surface area contributed by atoms with Crippen LogP contribution in [0.2, 0.25) is 0 Å². The third-order valence-corrected chi connectivity index (χ3v) is 4.69. The van der Waals surface area contributed by atoms with Crippen LogP contribution in [0.1, 0.15) is 0 Å². The van der Waals surface area contributed by atoms with Gasteiger partial charge in [0.15, 0.2) is 0 Å².